The maximum Gasteiger partial charge on any atom is 0.135 e. The SMILES string of the molecule is CC1=CCN=c2[nH]cc(C3CC3)c2=C1N1CCNCC1.[HH]. The molecule has 20 heavy (non-hydrogen) atoms. The zero-order chi connectivity index (χ0) is 13.5. The average molecular weight is 272 g/mol. The molecule has 2 aliphatic heterocycles. The average Bonchev–Trinajstić information content (AvgIpc) is 3.26. The van der Waals surface area contributed by atoms with Crippen molar-refractivity contribution < 1.29 is 1.43 Å². The Kier molecular flexibility index (Phi) is 2.91. The van der Waals surface area contributed by atoms with Gasteiger partial charge in [-0.3, -0.25) is 4.99 Å². The van der Waals surface area contributed by atoms with Crippen LogP contribution in [0.15, 0.2) is 22.8 Å². The van der Waals surface area contributed by atoms with E-state index in [0.717, 1.165) is 44.1 Å². The van der Waals surface area contributed by atoms with E-state index in [4.69, 9.17) is 4.99 Å². The van der Waals surface area contributed by atoms with Gasteiger partial charge in [-0.15, -0.1) is 0 Å². The molecule has 0 radical (unpaired) electrons. The minimum absolute atomic E-state index is 0. The second-order valence-electron chi connectivity index (χ2n) is 6.06. The molecule has 1 aromatic rings. The molecular weight excluding hydrogens is 248 g/mol. The van der Waals surface area contributed by atoms with Crippen molar-refractivity contribution in [2.45, 2.75) is 25.7 Å². The lowest BCUT2D eigenvalue weighted by molar-refractivity contribution is 0.338. The van der Waals surface area contributed by atoms with Gasteiger partial charge in [-0.2, -0.15) is 0 Å². The first kappa shape index (κ1) is 12.2. The molecule has 3 aliphatic rings. The van der Waals surface area contributed by atoms with Crippen LogP contribution in [0.2, 0.25) is 0 Å². The fourth-order valence-electron chi connectivity index (χ4n) is 3.38. The number of hydrogen-bond donors (Lipinski definition) is 2. The third-order valence-electron chi connectivity index (χ3n) is 4.60. The normalized spacial score (nSPS) is 22.9. The summed E-state index contributed by atoms with van der Waals surface area (Å²) in [6, 6.07) is 0. The number of H-pyrrole nitrogens is 1. The zero-order valence-electron chi connectivity index (χ0n) is 12.1. The van der Waals surface area contributed by atoms with Gasteiger partial charge in [-0.25, -0.2) is 0 Å². The van der Waals surface area contributed by atoms with Crippen LogP contribution < -0.4 is 16.0 Å². The highest BCUT2D eigenvalue weighted by atomic mass is 15.2. The minimum Gasteiger partial charge on any atom is -0.368 e. The standard InChI is InChI=1S/C16H22N4.H2/c1-11-4-5-18-16-14(13(10-19-16)12-2-3-12)15(11)20-8-6-17-7-9-20;/h4,10,12,17H,2-3,5-9H2,1H3,(H,18,19);1H. The summed E-state index contributed by atoms with van der Waals surface area (Å²) in [6.45, 7) is 7.37. The van der Waals surface area contributed by atoms with Crippen molar-refractivity contribution in [1.82, 2.24) is 15.2 Å². The molecule has 0 amide bonds. The van der Waals surface area contributed by atoms with Gasteiger partial charge in [0.25, 0.3) is 0 Å². The predicted molar refractivity (Wildman–Crippen MR) is 82.1 cm³/mol. The molecule has 0 unspecified atom stereocenters. The molecular formula is C16H24N4. The number of nitrogens with zero attached hydrogens (tertiary/aromatic N) is 2. The Labute approximate surface area is 120 Å². The zero-order valence-corrected chi connectivity index (χ0v) is 12.1. The van der Waals surface area contributed by atoms with Gasteiger partial charge in [-0.1, -0.05) is 6.08 Å². The van der Waals surface area contributed by atoms with Crippen LogP contribution in [-0.4, -0.2) is 42.6 Å². The van der Waals surface area contributed by atoms with E-state index in [1.165, 1.54) is 34.9 Å². The van der Waals surface area contributed by atoms with Crippen LogP contribution >= 0.6 is 0 Å². The maximum absolute atomic E-state index is 4.72. The molecule has 1 aliphatic carbocycles. The molecule has 3 heterocycles. The summed E-state index contributed by atoms with van der Waals surface area (Å²) in [5, 5.41) is 4.84. The van der Waals surface area contributed by atoms with E-state index in [1.807, 2.05) is 0 Å². The lowest BCUT2D eigenvalue weighted by Gasteiger charge is -2.32. The second kappa shape index (κ2) is 4.77. The van der Waals surface area contributed by atoms with Crippen LogP contribution in [0.5, 0.6) is 0 Å². The lowest BCUT2D eigenvalue weighted by atomic mass is 10.1. The number of nitrogens with one attached hydrogen (secondary N) is 2. The van der Waals surface area contributed by atoms with E-state index < -0.39 is 0 Å². The first-order valence-electron chi connectivity index (χ1n) is 7.73. The van der Waals surface area contributed by atoms with E-state index >= 15 is 0 Å². The van der Waals surface area contributed by atoms with Crippen molar-refractivity contribution in [3.63, 3.8) is 0 Å². The van der Waals surface area contributed by atoms with Crippen molar-refractivity contribution in [2.75, 3.05) is 32.7 Å². The number of aromatic nitrogens is 1. The third-order valence-corrected chi connectivity index (χ3v) is 4.60. The van der Waals surface area contributed by atoms with Gasteiger partial charge in [-0.05, 0) is 36.8 Å². The first-order valence-corrected chi connectivity index (χ1v) is 7.73. The summed E-state index contributed by atoms with van der Waals surface area (Å²) in [7, 11) is 0. The Balaban J connectivity index is 0.00000132. The summed E-state index contributed by atoms with van der Waals surface area (Å²) in [5.74, 6) is 0.758. The van der Waals surface area contributed by atoms with Crippen LogP contribution in [0, 0.1) is 0 Å². The van der Waals surface area contributed by atoms with Crippen LogP contribution in [-0.2, 0) is 0 Å². The summed E-state index contributed by atoms with van der Waals surface area (Å²) in [4.78, 5) is 10.7. The third kappa shape index (κ3) is 1.99. The summed E-state index contributed by atoms with van der Waals surface area (Å²) < 4.78 is 0. The highest BCUT2D eigenvalue weighted by Gasteiger charge is 2.28. The van der Waals surface area contributed by atoms with Crippen molar-refractivity contribution in [2.24, 2.45) is 4.99 Å². The number of hydrogen-bond acceptors (Lipinski definition) is 3. The Bertz CT molecular complexity index is 663. The molecule has 2 fully saturated rings. The Morgan fingerprint density at radius 2 is 2.10 bits per heavy atom. The predicted octanol–water partition coefficient (Wildman–Crippen LogP) is 0.731. The number of fused-ring (bicyclic) bond motifs is 1. The molecule has 0 bridgehead atoms. The van der Waals surface area contributed by atoms with Crippen LogP contribution in [0.25, 0.3) is 5.70 Å². The van der Waals surface area contributed by atoms with E-state index in [1.54, 1.807) is 0 Å². The summed E-state index contributed by atoms with van der Waals surface area (Å²) >= 11 is 0. The van der Waals surface area contributed by atoms with Gasteiger partial charge in [0.1, 0.15) is 5.49 Å². The molecule has 108 valence electrons. The molecule has 1 aromatic heterocycles. The first-order chi connectivity index (χ1) is 9.84. The molecule has 0 spiro atoms. The smallest absolute Gasteiger partial charge is 0.135 e. The lowest BCUT2D eigenvalue weighted by Crippen LogP contribution is -2.45. The van der Waals surface area contributed by atoms with Gasteiger partial charge in [0.05, 0.1) is 12.2 Å². The largest absolute Gasteiger partial charge is 0.368 e. The van der Waals surface area contributed by atoms with Crippen molar-refractivity contribution in [3.05, 3.63) is 34.1 Å². The van der Waals surface area contributed by atoms with Gasteiger partial charge in [0, 0.05) is 39.0 Å². The second-order valence-corrected chi connectivity index (χ2v) is 6.06. The fourth-order valence-corrected chi connectivity index (χ4v) is 3.38. The Morgan fingerprint density at radius 3 is 2.85 bits per heavy atom. The van der Waals surface area contributed by atoms with E-state index in [0.29, 0.717) is 0 Å². The Hall–Kier alpha value is -1.55. The molecule has 0 atom stereocenters. The summed E-state index contributed by atoms with van der Waals surface area (Å²) in [6.07, 6.45) is 7.14. The molecule has 4 heteroatoms. The van der Waals surface area contributed by atoms with Crippen molar-refractivity contribution in [3.8, 4) is 0 Å². The van der Waals surface area contributed by atoms with Crippen LogP contribution in [0.3, 0.4) is 0 Å². The minimum atomic E-state index is 0. The fraction of sp³-hybridized carbons (Fsp3) is 0.562. The molecule has 1 saturated heterocycles. The van der Waals surface area contributed by atoms with E-state index in [-0.39, 0.29) is 1.43 Å². The molecule has 1 saturated carbocycles. The van der Waals surface area contributed by atoms with Crippen LogP contribution in [0.4, 0.5) is 0 Å². The van der Waals surface area contributed by atoms with Crippen molar-refractivity contribution in [1.29, 1.82) is 0 Å². The van der Waals surface area contributed by atoms with E-state index in [2.05, 4.69) is 34.4 Å². The monoisotopic (exact) mass is 272 g/mol. The van der Waals surface area contributed by atoms with Crippen LogP contribution in [0.1, 0.15) is 32.7 Å². The van der Waals surface area contributed by atoms with Gasteiger partial charge in [0.2, 0.25) is 0 Å². The van der Waals surface area contributed by atoms with Crippen molar-refractivity contribution >= 4 is 5.70 Å². The quantitative estimate of drug-likeness (QED) is 0.833. The molecule has 2 N–H and O–H groups in total. The maximum atomic E-state index is 4.72. The number of rotatable bonds is 2. The molecule has 4 rings (SSSR count). The van der Waals surface area contributed by atoms with Gasteiger partial charge < -0.3 is 15.2 Å². The summed E-state index contributed by atoms with van der Waals surface area (Å²) in [5.41, 5.74) is 5.39. The highest BCUT2D eigenvalue weighted by Crippen LogP contribution is 2.38. The van der Waals surface area contributed by atoms with E-state index in [9.17, 15) is 0 Å². The van der Waals surface area contributed by atoms with Gasteiger partial charge >= 0.3 is 0 Å². The topological polar surface area (TPSA) is 43.4 Å². The number of piperazine rings is 1. The molecule has 0 aromatic carbocycles. The highest BCUT2D eigenvalue weighted by molar-refractivity contribution is 5.63. The number of aromatic amines is 1. The Morgan fingerprint density at radius 1 is 1.30 bits per heavy atom. The van der Waals surface area contributed by atoms with Gasteiger partial charge in [0.15, 0.2) is 0 Å². The molecule has 4 nitrogen and oxygen atoms in total.